The van der Waals surface area contributed by atoms with E-state index in [1.165, 1.54) is 31.2 Å². The van der Waals surface area contributed by atoms with Crippen LogP contribution in [0.3, 0.4) is 0 Å². The van der Waals surface area contributed by atoms with Gasteiger partial charge in [-0.2, -0.15) is 0 Å². The van der Waals surface area contributed by atoms with Gasteiger partial charge in [-0.1, -0.05) is 11.6 Å². The van der Waals surface area contributed by atoms with E-state index in [1.807, 2.05) is 0 Å². The lowest BCUT2D eigenvalue weighted by Crippen LogP contribution is -2.14. The molecule has 1 aromatic heterocycles. The highest BCUT2D eigenvalue weighted by atomic mass is 35.5. The molecule has 0 atom stereocenters. The number of hydrogen-bond acceptors (Lipinski definition) is 6. The van der Waals surface area contributed by atoms with E-state index in [2.05, 4.69) is 5.32 Å². The number of esters is 1. The Balaban J connectivity index is 2.03. The average Bonchev–Trinajstić information content (AvgIpc) is 2.93. The van der Waals surface area contributed by atoms with E-state index in [-0.39, 0.29) is 22.9 Å². The molecule has 0 radical (unpaired) electrons. The summed E-state index contributed by atoms with van der Waals surface area (Å²) in [6, 6.07) is 7.03. The van der Waals surface area contributed by atoms with Gasteiger partial charge >= 0.3 is 5.97 Å². The quantitative estimate of drug-likeness (QED) is 0.489. The van der Waals surface area contributed by atoms with E-state index in [0.29, 0.717) is 9.21 Å². The molecule has 1 aromatic carbocycles. The molecule has 2 aromatic rings. The Bertz CT molecular complexity index is 771. The summed E-state index contributed by atoms with van der Waals surface area (Å²) in [6.45, 7) is 0.820. The maximum absolute atomic E-state index is 12.0. The molecule has 0 aliphatic rings. The number of phenols is 1. The van der Waals surface area contributed by atoms with E-state index in [0.717, 1.165) is 11.3 Å². The molecule has 0 unspecified atom stereocenters. The third-order valence-electron chi connectivity index (χ3n) is 2.74. The van der Waals surface area contributed by atoms with Crippen LogP contribution in [0.5, 0.6) is 5.75 Å². The number of phenolic OH excluding ortho intramolecular Hbond substituents is 1. The van der Waals surface area contributed by atoms with Crippen LogP contribution in [0.4, 0.5) is 5.69 Å². The van der Waals surface area contributed by atoms with Gasteiger partial charge in [0.25, 0.3) is 0 Å². The molecule has 120 valence electrons. The molecule has 2 rings (SSSR count). The number of hydrogen-bond donors (Lipinski definition) is 2. The van der Waals surface area contributed by atoms with Crippen LogP contribution in [0.1, 0.15) is 27.0 Å². The minimum absolute atomic E-state index is 0.111. The number of ketones is 1. The van der Waals surface area contributed by atoms with Crippen molar-refractivity contribution >= 4 is 46.3 Å². The van der Waals surface area contributed by atoms with Crippen LogP contribution in [-0.4, -0.2) is 29.4 Å². The Labute approximate surface area is 140 Å². The van der Waals surface area contributed by atoms with Crippen molar-refractivity contribution in [2.24, 2.45) is 0 Å². The molecule has 0 aliphatic carbocycles. The summed E-state index contributed by atoms with van der Waals surface area (Å²) in [5.41, 5.74) is 0.309. The zero-order valence-electron chi connectivity index (χ0n) is 12.0. The van der Waals surface area contributed by atoms with Crippen molar-refractivity contribution < 1.29 is 24.2 Å². The molecule has 0 spiro atoms. The van der Waals surface area contributed by atoms with Gasteiger partial charge in [0.1, 0.15) is 10.6 Å². The summed E-state index contributed by atoms with van der Waals surface area (Å²) >= 11 is 6.78. The first-order chi connectivity index (χ1) is 10.9. The summed E-state index contributed by atoms with van der Waals surface area (Å²) < 4.78 is 5.37. The molecule has 0 bridgehead atoms. The van der Waals surface area contributed by atoms with Crippen molar-refractivity contribution in [1.82, 2.24) is 0 Å². The number of amides is 1. The first kappa shape index (κ1) is 17.0. The van der Waals surface area contributed by atoms with Crippen molar-refractivity contribution in [3.63, 3.8) is 0 Å². The number of nitrogens with one attached hydrogen (secondary N) is 1. The molecule has 8 heteroatoms. The number of ether oxygens (including phenoxy) is 1. The zero-order chi connectivity index (χ0) is 17.0. The third kappa shape index (κ3) is 4.54. The Hall–Kier alpha value is -2.38. The number of Topliss-reactive ketones (excluding diaryl/α,β-unsaturated/α-hetero) is 1. The van der Waals surface area contributed by atoms with Gasteiger partial charge in [-0.3, -0.25) is 9.59 Å². The number of anilines is 1. The molecular weight excluding hydrogens is 342 g/mol. The molecular formula is C15H12ClNO5S. The highest BCUT2D eigenvalue weighted by Gasteiger charge is 2.15. The minimum Gasteiger partial charge on any atom is -0.506 e. The van der Waals surface area contributed by atoms with Gasteiger partial charge in [0.05, 0.1) is 10.0 Å². The number of benzene rings is 1. The number of rotatable bonds is 5. The second-order valence-electron chi connectivity index (χ2n) is 4.52. The maximum Gasteiger partial charge on any atom is 0.348 e. The van der Waals surface area contributed by atoms with Crippen LogP contribution < -0.4 is 5.32 Å². The standard InChI is InChI=1S/C15H12ClNO5S/c1-8(18)17-10-6-9(2-3-11(10)19)12(20)7-22-15(21)13-4-5-14(16)23-13/h2-6,19H,7H2,1H3,(H,17,18). The van der Waals surface area contributed by atoms with Crippen molar-refractivity contribution in [2.45, 2.75) is 6.92 Å². The summed E-state index contributed by atoms with van der Waals surface area (Å²) in [6.07, 6.45) is 0. The minimum atomic E-state index is -0.642. The molecule has 2 N–H and O–H groups in total. The monoisotopic (exact) mass is 353 g/mol. The molecule has 6 nitrogen and oxygen atoms in total. The highest BCUT2D eigenvalue weighted by Crippen LogP contribution is 2.25. The Kier molecular flexibility index (Phi) is 5.36. The summed E-state index contributed by atoms with van der Waals surface area (Å²) in [7, 11) is 0. The van der Waals surface area contributed by atoms with E-state index in [9.17, 15) is 19.5 Å². The number of carbonyl (C=O) groups excluding carboxylic acids is 3. The van der Waals surface area contributed by atoms with E-state index >= 15 is 0 Å². The number of carbonyl (C=O) groups is 3. The third-order valence-corrected chi connectivity index (χ3v) is 3.95. The fourth-order valence-electron chi connectivity index (χ4n) is 1.71. The fourth-order valence-corrected chi connectivity index (χ4v) is 2.65. The maximum atomic E-state index is 12.0. The number of aromatic hydroxyl groups is 1. The SMILES string of the molecule is CC(=O)Nc1cc(C(=O)COC(=O)c2ccc(Cl)s2)ccc1O. The van der Waals surface area contributed by atoms with Gasteiger partial charge in [0.15, 0.2) is 12.4 Å². The number of halogens is 1. The molecule has 23 heavy (non-hydrogen) atoms. The number of thiophene rings is 1. The van der Waals surface area contributed by atoms with E-state index in [4.69, 9.17) is 16.3 Å². The van der Waals surface area contributed by atoms with Crippen molar-refractivity contribution in [1.29, 1.82) is 0 Å². The van der Waals surface area contributed by atoms with Crippen LogP contribution in [-0.2, 0) is 9.53 Å². The van der Waals surface area contributed by atoms with Gasteiger partial charge < -0.3 is 15.2 Å². The van der Waals surface area contributed by atoms with Crippen LogP contribution in [0, 0.1) is 0 Å². The van der Waals surface area contributed by atoms with Crippen molar-refractivity contribution in [3.8, 4) is 5.75 Å². The zero-order valence-corrected chi connectivity index (χ0v) is 13.5. The lowest BCUT2D eigenvalue weighted by molar-refractivity contribution is -0.114. The summed E-state index contributed by atoms with van der Waals surface area (Å²) in [5.74, 6) is -1.66. The predicted molar refractivity (Wildman–Crippen MR) is 86.4 cm³/mol. The topological polar surface area (TPSA) is 92.7 Å². The summed E-state index contributed by atoms with van der Waals surface area (Å²) in [5, 5.41) is 12.0. The lowest BCUT2D eigenvalue weighted by Gasteiger charge is -2.08. The van der Waals surface area contributed by atoms with Gasteiger partial charge in [-0.15, -0.1) is 11.3 Å². The Morgan fingerprint density at radius 1 is 1.26 bits per heavy atom. The molecule has 1 heterocycles. The first-order valence-electron chi connectivity index (χ1n) is 6.43. The predicted octanol–water partition coefficient (Wildman–Crippen LogP) is 3.11. The molecule has 0 saturated carbocycles. The van der Waals surface area contributed by atoms with Crippen LogP contribution in [0.2, 0.25) is 4.34 Å². The van der Waals surface area contributed by atoms with Gasteiger partial charge in [0, 0.05) is 12.5 Å². The largest absolute Gasteiger partial charge is 0.506 e. The first-order valence-corrected chi connectivity index (χ1v) is 7.62. The van der Waals surface area contributed by atoms with E-state index in [1.54, 1.807) is 6.07 Å². The summed E-state index contributed by atoms with van der Waals surface area (Å²) in [4.78, 5) is 35.1. The molecule has 0 fully saturated rings. The van der Waals surface area contributed by atoms with Crippen molar-refractivity contribution in [2.75, 3.05) is 11.9 Å². The normalized spacial score (nSPS) is 10.2. The van der Waals surface area contributed by atoms with Gasteiger partial charge in [0.2, 0.25) is 5.91 Å². The molecule has 0 saturated heterocycles. The lowest BCUT2D eigenvalue weighted by atomic mass is 10.1. The van der Waals surface area contributed by atoms with E-state index < -0.39 is 18.4 Å². The Morgan fingerprint density at radius 3 is 2.61 bits per heavy atom. The van der Waals surface area contributed by atoms with Gasteiger partial charge in [-0.05, 0) is 30.3 Å². The van der Waals surface area contributed by atoms with Crippen molar-refractivity contribution in [3.05, 3.63) is 45.1 Å². The smallest absolute Gasteiger partial charge is 0.348 e. The molecule has 1 amide bonds. The second kappa shape index (κ2) is 7.26. The second-order valence-corrected chi connectivity index (χ2v) is 6.23. The van der Waals surface area contributed by atoms with Crippen LogP contribution in [0.25, 0.3) is 0 Å². The van der Waals surface area contributed by atoms with Gasteiger partial charge in [-0.25, -0.2) is 4.79 Å². The van der Waals surface area contributed by atoms with Crippen LogP contribution in [0.15, 0.2) is 30.3 Å². The average molecular weight is 354 g/mol. The highest BCUT2D eigenvalue weighted by molar-refractivity contribution is 7.17. The van der Waals surface area contributed by atoms with Crippen LogP contribution >= 0.6 is 22.9 Å². The molecule has 0 aliphatic heterocycles. The Morgan fingerprint density at radius 2 is 2.00 bits per heavy atom. The fraction of sp³-hybridized carbons (Fsp3) is 0.133.